The molecule has 0 amide bonds. The summed E-state index contributed by atoms with van der Waals surface area (Å²) in [5, 5.41) is 11.4. The fraction of sp³-hybridized carbons (Fsp3) is 0.400. The number of hydrogen-bond donors (Lipinski definition) is 2. The summed E-state index contributed by atoms with van der Waals surface area (Å²) in [4.78, 5) is 0. The van der Waals surface area contributed by atoms with Gasteiger partial charge in [0.2, 0.25) is 0 Å². The van der Waals surface area contributed by atoms with Gasteiger partial charge in [-0.05, 0) is 25.6 Å². The number of aliphatic hydroxyl groups is 1. The number of rotatable bonds is 5. The molecular formula is C10H17NO. The smallest absolute Gasteiger partial charge is 0.0603 e. The Kier molecular flexibility index (Phi) is 7.39. The second kappa shape index (κ2) is 8.08. The van der Waals surface area contributed by atoms with Crippen molar-refractivity contribution in [2.24, 2.45) is 0 Å². The van der Waals surface area contributed by atoms with E-state index in [0.29, 0.717) is 6.54 Å². The lowest BCUT2D eigenvalue weighted by Crippen LogP contribution is -2.10. The van der Waals surface area contributed by atoms with E-state index in [0.717, 1.165) is 5.57 Å². The quantitative estimate of drug-likeness (QED) is 0.481. The fourth-order valence-electron chi connectivity index (χ4n) is 0.664. The molecule has 68 valence electrons. The van der Waals surface area contributed by atoms with Crippen molar-refractivity contribution < 1.29 is 5.11 Å². The summed E-state index contributed by atoms with van der Waals surface area (Å²) in [6, 6.07) is 0. The van der Waals surface area contributed by atoms with Crippen molar-refractivity contribution in [2.75, 3.05) is 13.2 Å². The first-order valence-electron chi connectivity index (χ1n) is 4.11. The van der Waals surface area contributed by atoms with E-state index in [1.807, 2.05) is 44.4 Å². The van der Waals surface area contributed by atoms with Crippen LogP contribution in [0.2, 0.25) is 0 Å². The van der Waals surface area contributed by atoms with Gasteiger partial charge in [-0.3, -0.25) is 0 Å². The standard InChI is InChI=1S/C10H17NO/c1-3-4-5-6-10(2)9-11-7-8-12/h3-6,9,11-12H,7-8H2,1-2H3/b4-3-,6-5-,10-9-. The monoisotopic (exact) mass is 167 g/mol. The predicted molar refractivity (Wildman–Crippen MR) is 52.8 cm³/mol. The Hall–Kier alpha value is -1.02. The molecule has 0 spiro atoms. The minimum atomic E-state index is 0.169. The predicted octanol–water partition coefficient (Wildman–Crippen LogP) is 1.60. The Balaban J connectivity index is 3.69. The van der Waals surface area contributed by atoms with Crippen LogP contribution in [0.15, 0.2) is 36.1 Å². The Labute approximate surface area is 74.3 Å². The van der Waals surface area contributed by atoms with Crippen LogP contribution < -0.4 is 5.32 Å². The molecule has 12 heavy (non-hydrogen) atoms. The van der Waals surface area contributed by atoms with Crippen LogP contribution >= 0.6 is 0 Å². The van der Waals surface area contributed by atoms with Gasteiger partial charge >= 0.3 is 0 Å². The lowest BCUT2D eigenvalue weighted by molar-refractivity contribution is 0.298. The molecule has 2 nitrogen and oxygen atoms in total. The molecule has 0 fully saturated rings. The van der Waals surface area contributed by atoms with E-state index in [1.165, 1.54) is 0 Å². The maximum Gasteiger partial charge on any atom is 0.0603 e. The lowest BCUT2D eigenvalue weighted by atomic mass is 10.3. The van der Waals surface area contributed by atoms with Crippen LogP contribution in [-0.4, -0.2) is 18.3 Å². The molecule has 0 saturated heterocycles. The van der Waals surface area contributed by atoms with E-state index in [-0.39, 0.29) is 6.61 Å². The fourth-order valence-corrected chi connectivity index (χ4v) is 0.664. The van der Waals surface area contributed by atoms with Gasteiger partial charge in [0, 0.05) is 6.54 Å². The second-order valence-electron chi connectivity index (χ2n) is 2.45. The zero-order chi connectivity index (χ0) is 9.23. The highest BCUT2D eigenvalue weighted by atomic mass is 16.3. The molecule has 0 aliphatic rings. The van der Waals surface area contributed by atoms with Crippen molar-refractivity contribution in [1.82, 2.24) is 5.32 Å². The van der Waals surface area contributed by atoms with Gasteiger partial charge in [0.1, 0.15) is 0 Å². The van der Waals surface area contributed by atoms with Crippen LogP contribution in [0.3, 0.4) is 0 Å². The largest absolute Gasteiger partial charge is 0.395 e. The summed E-state index contributed by atoms with van der Waals surface area (Å²) in [5.41, 5.74) is 1.14. The van der Waals surface area contributed by atoms with Gasteiger partial charge in [0.15, 0.2) is 0 Å². The molecule has 0 unspecified atom stereocenters. The van der Waals surface area contributed by atoms with Gasteiger partial charge in [-0.2, -0.15) is 0 Å². The van der Waals surface area contributed by atoms with Gasteiger partial charge in [-0.15, -0.1) is 0 Å². The molecular weight excluding hydrogens is 150 g/mol. The molecule has 0 bridgehead atoms. The molecule has 2 heteroatoms. The van der Waals surface area contributed by atoms with E-state index in [9.17, 15) is 0 Å². The maximum atomic E-state index is 8.47. The van der Waals surface area contributed by atoms with E-state index in [2.05, 4.69) is 5.32 Å². The van der Waals surface area contributed by atoms with Crippen LogP contribution in [0, 0.1) is 0 Å². The first kappa shape index (κ1) is 11.0. The zero-order valence-electron chi connectivity index (χ0n) is 7.75. The highest BCUT2D eigenvalue weighted by Gasteiger charge is 1.79. The van der Waals surface area contributed by atoms with E-state index in [4.69, 9.17) is 5.11 Å². The van der Waals surface area contributed by atoms with Crippen LogP contribution in [-0.2, 0) is 0 Å². The third-order valence-electron chi connectivity index (χ3n) is 1.25. The normalized spacial score (nSPS) is 13.1. The van der Waals surface area contributed by atoms with E-state index in [1.54, 1.807) is 0 Å². The van der Waals surface area contributed by atoms with Crippen LogP contribution in [0.25, 0.3) is 0 Å². The minimum Gasteiger partial charge on any atom is -0.395 e. The Morgan fingerprint density at radius 2 is 2.17 bits per heavy atom. The average molecular weight is 167 g/mol. The molecule has 0 aliphatic heterocycles. The Morgan fingerprint density at radius 3 is 2.75 bits per heavy atom. The van der Waals surface area contributed by atoms with Crippen LogP contribution in [0.1, 0.15) is 13.8 Å². The zero-order valence-corrected chi connectivity index (χ0v) is 7.75. The van der Waals surface area contributed by atoms with Gasteiger partial charge in [-0.25, -0.2) is 0 Å². The lowest BCUT2D eigenvalue weighted by Gasteiger charge is -1.96. The molecule has 0 aliphatic carbocycles. The van der Waals surface area contributed by atoms with Gasteiger partial charge in [0.25, 0.3) is 0 Å². The van der Waals surface area contributed by atoms with Gasteiger partial charge in [0.05, 0.1) is 6.61 Å². The summed E-state index contributed by atoms with van der Waals surface area (Å²) < 4.78 is 0. The van der Waals surface area contributed by atoms with Gasteiger partial charge < -0.3 is 10.4 Å². The first-order chi connectivity index (χ1) is 5.81. The molecule has 0 aromatic carbocycles. The minimum absolute atomic E-state index is 0.169. The van der Waals surface area contributed by atoms with Crippen molar-refractivity contribution in [3.05, 3.63) is 36.1 Å². The molecule has 0 rings (SSSR count). The van der Waals surface area contributed by atoms with Crippen molar-refractivity contribution in [3.8, 4) is 0 Å². The average Bonchev–Trinajstić information content (AvgIpc) is 2.06. The van der Waals surface area contributed by atoms with E-state index < -0.39 is 0 Å². The number of hydrogen-bond acceptors (Lipinski definition) is 2. The molecule has 0 aromatic heterocycles. The molecule has 0 saturated carbocycles. The third kappa shape index (κ3) is 7.09. The molecule has 0 aromatic rings. The molecule has 2 N–H and O–H groups in total. The van der Waals surface area contributed by atoms with Crippen LogP contribution in [0.5, 0.6) is 0 Å². The summed E-state index contributed by atoms with van der Waals surface area (Å²) in [6.07, 6.45) is 9.82. The summed E-state index contributed by atoms with van der Waals surface area (Å²) in [6.45, 7) is 4.76. The highest BCUT2D eigenvalue weighted by Crippen LogP contribution is 1.92. The number of nitrogens with one attached hydrogen (secondary N) is 1. The topological polar surface area (TPSA) is 32.3 Å². The SMILES string of the molecule is C\C=C/C=C\C(C)=C/NCCO. The molecule has 0 radical (unpaired) electrons. The summed E-state index contributed by atoms with van der Waals surface area (Å²) >= 11 is 0. The first-order valence-corrected chi connectivity index (χ1v) is 4.11. The molecule has 0 atom stereocenters. The summed E-state index contributed by atoms with van der Waals surface area (Å²) in [5.74, 6) is 0. The summed E-state index contributed by atoms with van der Waals surface area (Å²) in [7, 11) is 0. The highest BCUT2D eigenvalue weighted by molar-refractivity contribution is 5.19. The molecule has 0 heterocycles. The Bertz CT molecular complexity index is 180. The van der Waals surface area contributed by atoms with Crippen LogP contribution in [0.4, 0.5) is 0 Å². The Morgan fingerprint density at radius 1 is 1.42 bits per heavy atom. The maximum absolute atomic E-state index is 8.47. The van der Waals surface area contributed by atoms with E-state index >= 15 is 0 Å². The number of allylic oxidation sites excluding steroid dienone is 5. The van der Waals surface area contributed by atoms with Crippen molar-refractivity contribution in [3.63, 3.8) is 0 Å². The van der Waals surface area contributed by atoms with Gasteiger partial charge in [-0.1, -0.05) is 24.3 Å². The second-order valence-corrected chi connectivity index (χ2v) is 2.45. The van der Waals surface area contributed by atoms with Crippen molar-refractivity contribution in [2.45, 2.75) is 13.8 Å². The third-order valence-corrected chi connectivity index (χ3v) is 1.25. The van der Waals surface area contributed by atoms with Crippen molar-refractivity contribution >= 4 is 0 Å². The number of aliphatic hydroxyl groups excluding tert-OH is 1. The van der Waals surface area contributed by atoms with Crippen molar-refractivity contribution in [1.29, 1.82) is 0 Å².